The van der Waals surface area contributed by atoms with Gasteiger partial charge < -0.3 is 5.32 Å². The van der Waals surface area contributed by atoms with Gasteiger partial charge in [-0.25, -0.2) is 4.98 Å². The van der Waals surface area contributed by atoms with E-state index < -0.39 is 5.41 Å². The third-order valence-electron chi connectivity index (χ3n) is 2.85. The molecule has 0 unspecified atom stereocenters. The van der Waals surface area contributed by atoms with E-state index >= 15 is 0 Å². The number of aromatic nitrogens is 1. The zero-order chi connectivity index (χ0) is 13.1. The van der Waals surface area contributed by atoms with Gasteiger partial charge in [-0.05, 0) is 40.8 Å². The first-order chi connectivity index (χ1) is 7.90. The summed E-state index contributed by atoms with van der Waals surface area (Å²) in [5, 5.41) is 2.81. The van der Waals surface area contributed by atoms with E-state index in [4.69, 9.17) is 7.85 Å². The Morgan fingerprint density at radius 3 is 2.71 bits per heavy atom. The number of carbonyl (C=O) groups excluding carboxylic acids is 1. The van der Waals surface area contributed by atoms with Crippen LogP contribution < -0.4 is 5.32 Å². The number of amides is 1. The molecule has 0 fully saturated rings. The smallest absolute Gasteiger partial charge is 0.231 e. The van der Waals surface area contributed by atoms with Gasteiger partial charge in [0, 0.05) is 15.6 Å². The molecule has 2 radical (unpaired) electrons. The van der Waals surface area contributed by atoms with Crippen molar-refractivity contribution in [3.8, 4) is 0 Å². The Morgan fingerprint density at radius 1 is 1.53 bits per heavy atom. The number of nitrogens with zero attached hydrogens (tertiary/aromatic N) is 1. The monoisotopic (exact) mass is 294 g/mol. The highest BCUT2D eigenvalue weighted by Gasteiger charge is 2.25. The molecule has 0 aliphatic rings. The molecule has 1 aromatic rings. The van der Waals surface area contributed by atoms with E-state index in [0.717, 1.165) is 16.6 Å². The molecule has 0 aliphatic carbocycles. The molecule has 17 heavy (non-hydrogen) atoms. The summed E-state index contributed by atoms with van der Waals surface area (Å²) in [6.07, 6.45) is 1.11. The second-order valence-electron chi connectivity index (χ2n) is 4.52. The topological polar surface area (TPSA) is 42.0 Å². The van der Waals surface area contributed by atoms with E-state index in [-0.39, 0.29) is 5.91 Å². The Bertz CT molecular complexity index is 421. The molecule has 0 aromatic carbocycles. The van der Waals surface area contributed by atoms with Gasteiger partial charge in [0.2, 0.25) is 5.91 Å². The first-order valence-electron chi connectivity index (χ1n) is 5.57. The van der Waals surface area contributed by atoms with E-state index in [1.165, 1.54) is 0 Å². The summed E-state index contributed by atoms with van der Waals surface area (Å²) in [4.78, 5) is 16.2. The SMILES string of the molecule is [B]Cc1nc(NC(=O)C(C)(C)CC)ccc1Br. The van der Waals surface area contributed by atoms with E-state index in [1.807, 2.05) is 26.8 Å². The molecule has 1 rings (SSSR count). The number of pyridine rings is 1. The van der Waals surface area contributed by atoms with E-state index in [9.17, 15) is 4.79 Å². The summed E-state index contributed by atoms with van der Waals surface area (Å²) in [6, 6.07) is 3.59. The van der Waals surface area contributed by atoms with Crippen molar-refractivity contribution in [3.63, 3.8) is 0 Å². The van der Waals surface area contributed by atoms with Crippen LogP contribution in [-0.2, 0) is 11.1 Å². The maximum Gasteiger partial charge on any atom is 0.231 e. The Labute approximate surface area is 112 Å². The molecule has 0 aliphatic heterocycles. The van der Waals surface area contributed by atoms with Crippen LogP contribution in [0.2, 0.25) is 0 Å². The highest BCUT2D eigenvalue weighted by Crippen LogP contribution is 2.23. The molecule has 0 spiro atoms. The summed E-state index contributed by atoms with van der Waals surface area (Å²) < 4.78 is 0.854. The van der Waals surface area contributed by atoms with Gasteiger partial charge in [-0.3, -0.25) is 4.79 Å². The van der Waals surface area contributed by atoms with Crippen LogP contribution in [0.5, 0.6) is 0 Å². The maximum absolute atomic E-state index is 12.0. The van der Waals surface area contributed by atoms with Gasteiger partial charge in [0.05, 0.1) is 7.85 Å². The third-order valence-corrected chi connectivity index (χ3v) is 3.57. The van der Waals surface area contributed by atoms with E-state index in [2.05, 4.69) is 26.2 Å². The van der Waals surface area contributed by atoms with Gasteiger partial charge in [0.1, 0.15) is 5.82 Å². The number of rotatable bonds is 4. The van der Waals surface area contributed by atoms with E-state index in [1.54, 1.807) is 6.07 Å². The summed E-state index contributed by atoms with van der Waals surface area (Å²) in [6.45, 7) is 5.80. The minimum atomic E-state index is -0.391. The van der Waals surface area contributed by atoms with Crippen LogP contribution in [0.15, 0.2) is 16.6 Å². The molecule has 1 N–H and O–H groups in total. The van der Waals surface area contributed by atoms with Crippen molar-refractivity contribution in [1.29, 1.82) is 0 Å². The van der Waals surface area contributed by atoms with Gasteiger partial charge in [-0.2, -0.15) is 0 Å². The van der Waals surface area contributed by atoms with Gasteiger partial charge in [-0.15, -0.1) is 0 Å². The first kappa shape index (κ1) is 14.2. The molecule has 1 aromatic heterocycles. The zero-order valence-corrected chi connectivity index (χ0v) is 12.0. The standard InChI is InChI=1S/C12H16BBrN2O/c1-4-12(2,3)11(17)16-10-6-5-8(14)9(7-13)15-10/h5-6H,4,7H2,1-3H3,(H,15,16,17). The number of halogens is 1. The molecule has 0 bridgehead atoms. The second-order valence-corrected chi connectivity index (χ2v) is 5.38. The molecule has 90 valence electrons. The minimum absolute atomic E-state index is 0.0298. The molecule has 3 nitrogen and oxygen atoms in total. The van der Waals surface area contributed by atoms with E-state index in [0.29, 0.717) is 12.1 Å². The molecular weight excluding hydrogens is 279 g/mol. The normalized spacial score (nSPS) is 11.3. The summed E-state index contributed by atoms with van der Waals surface area (Å²) >= 11 is 3.35. The number of hydrogen-bond donors (Lipinski definition) is 1. The minimum Gasteiger partial charge on any atom is -0.310 e. The van der Waals surface area contributed by atoms with Crippen molar-refractivity contribution in [2.75, 3.05) is 5.32 Å². The van der Waals surface area contributed by atoms with Crippen LogP contribution in [-0.4, -0.2) is 18.7 Å². The lowest BCUT2D eigenvalue weighted by molar-refractivity contribution is -0.124. The Balaban J connectivity index is 2.86. The summed E-state index contributed by atoms with van der Waals surface area (Å²) in [5.41, 5.74) is 0.342. The molecule has 0 saturated carbocycles. The largest absolute Gasteiger partial charge is 0.310 e. The predicted molar refractivity (Wildman–Crippen MR) is 74.1 cm³/mol. The van der Waals surface area contributed by atoms with Crippen molar-refractivity contribution >= 4 is 35.5 Å². The average molecular weight is 295 g/mol. The molecule has 1 heterocycles. The number of nitrogens with one attached hydrogen (secondary N) is 1. The number of anilines is 1. The molecular formula is C12H16BBrN2O. The molecule has 5 heteroatoms. The second kappa shape index (κ2) is 5.67. The fourth-order valence-corrected chi connectivity index (χ4v) is 1.53. The molecule has 0 atom stereocenters. The highest BCUT2D eigenvalue weighted by atomic mass is 79.9. The number of carbonyl (C=O) groups is 1. The van der Waals surface area contributed by atoms with Crippen LogP contribution >= 0.6 is 15.9 Å². The van der Waals surface area contributed by atoms with Gasteiger partial charge in [0.15, 0.2) is 0 Å². The fourth-order valence-electron chi connectivity index (χ4n) is 1.14. The average Bonchev–Trinajstić information content (AvgIpc) is 2.31. The van der Waals surface area contributed by atoms with Gasteiger partial charge in [0.25, 0.3) is 0 Å². The molecule has 1 amide bonds. The lowest BCUT2D eigenvalue weighted by Gasteiger charge is -2.21. The van der Waals surface area contributed by atoms with Gasteiger partial charge in [-0.1, -0.05) is 20.8 Å². The van der Waals surface area contributed by atoms with Crippen LogP contribution in [0.25, 0.3) is 0 Å². The van der Waals surface area contributed by atoms with Crippen molar-refractivity contribution < 1.29 is 4.79 Å². The van der Waals surface area contributed by atoms with Crippen LogP contribution in [0.3, 0.4) is 0 Å². The first-order valence-corrected chi connectivity index (χ1v) is 6.37. The van der Waals surface area contributed by atoms with Crippen LogP contribution in [0.1, 0.15) is 32.9 Å². The lowest BCUT2D eigenvalue weighted by atomic mass is 9.89. The van der Waals surface area contributed by atoms with Crippen LogP contribution in [0.4, 0.5) is 5.82 Å². The Morgan fingerprint density at radius 2 is 2.18 bits per heavy atom. The highest BCUT2D eigenvalue weighted by molar-refractivity contribution is 9.10. The van der Waals surface area contributed by atoms with Crippen molar-refractivity contribution in [3.05, 3.63) is 22.3 Å². The van der Waals surface area contributed by atoms with Crippen molar-refractivity contribution in [1.82, 2.24) is 4.98 Å². The fraction of sp³-hybridized carbons (Fsp3) is 0.500. The zero-order valence-electron chi connectivity index (χ0n) is 10.4. The molecule has 0 saturated heterocycles. The van der Waals surface area contributed by atoms with Crippen molar-refractivity contribution in [2.24, 2.45) is 5.41 Å². The van der Waals surface area contributed by atoms with Crippen molar-refractivity contribution in [2.45, 2.75) is 33.5 Å². The summed E-state index contributed by atoms with van der Waals surface area (Å²) in [7, 11) is 5.56. The Kier molecular flexibility index (Phi) is 4.75. The lowest BCUT2D eigenvalue weighted by Crippen LogP contribution is -2.30. The maximum atomic E-state index is 12.0. The third kappa shape index (κ3) is 3.56. The Hall–Kier alpha value is -0.835. The quantitative estimate of drug-likeness (QED) is 0.868. The predicted octanol–water partition coefficient (Wildman–Crippen LogP) is 2.89. The van der Waals surface area contributed by atoms with Crippen LogP contribution in [0, 0.1) is 5.41 Å². The summed E-state index contributed by atoms with van der Waals surface area (Å²) in [5.74, 6) is 0.512. The number of hydrogen-bond acceptors (Lipinski definition) is 2. The van der Waals surface area contributed by atoms with Gasteiger partial charge >= 0.3 is 0 Å².